The van der Waals surface area contributed by atoms with Crippen molar-refractivity contribution in [2.45, 2.75) is 19.6 Å². The monoisotopic (exact) mass is 311 g/mol. The third-order valence-electron chi connectivity index (χ3n) is 3.55. The first-order chi connectivity index (χ1) is 11.3. The molecule has 0 heterocycles. The molecule has 0 amide bonds. The number of nitrogens with zero attached hydrogens (tertiary/aromatic N) is 2. The van der Waals surface area contributed by atoms with Gasteiger partial charge in [0.15, 0.2) is 5.96 Å². The predicted octanol–water partition coefficient (Wildman–Crippen LogP) is 3.04. The van der Waals surface area contributed by atoms with Gasteiger partial charge in [-0.15, -0.1) is 0 Å². The van der Waals surface area contributed by atoms with Crippen molar-refractivity contribution in [3.8, 4) is 0 Å². The van der Waals surface area contributed by atoms with Crippen molar-refractivity contribution in [1.29, 1.82) is 0 Å². The van der Waals surface area contributed by atoms with Gasteiger partial charge >= 0.3 is 0 Å². The van der Waals surface area contributed by atoms with Gasteiger partial charge in [0.25, 0.3) is 0 Å². The van der Waals surface area contributed by atoms with Gasteiger partial charge in [0, 0.05) is 20.2 Å². The lowest BCUT2D eigenvalue weighted by Crippen LogP contribution is -2.35. The van der Waals surface area contributed by atoms with Crippen LogP contribution in [0.25, 0.3) is 0 Å². The first kappa shape index (κ1) is 17.0. The van der Waals surface area contributed by atoms with Crippen LogP contribution >= 0.6 is 0 Å². The molecule has 0 bridgehead atoms. The van der Waals surface area contributed by atoms with Crippen molar-refractivity contribution in [2.24, 2.45) is 10.7 Å². The number of hydrogen-bond acceptors (Lipinski definition) is 2. The summed E-state index contributed by atoms with van der Waals surface area (Å²) in [5.74, 6) is 0.567. The van der Waals surface area contributed by atoms with Crippen LogP contribution in [0, 0.1) is 0 Å². The van der Waals surface area contributed by atoms with Crippen molar-refractivity contribution in [3.05, 3.63) is 71.8 Å². The van der Waals surface area contributed by atoms with E-state index in [1.165, 1.54) is 5.56 Å². The van der Waals surface area contributed by atoms with Gasteiger partial charge in [-0.1, -0.05) is 60.7 Å². The second-order valence-electron chi connectivity index (χ2n) is 5.47. The lowest BCUT2D eigenvalue weighted by molar-refractivity contribution is 0.115. The molecule has 0 aliphatic carbocycles. The number of aliphatic imine (C=N–C) groups is 1. The van der Waals surface area contributed by atoms with Gasteiger partial charge in [-0.05, 0) is 17.5 Å². The van der Waals surface area contributed by atoms with Crippen molar-refractivity contribution in [1.82, 2.24) is 4.90 Å². The number of ether oxygens (including phenoxy) is 1. The van der Waals surface area contributed by atoms with Crippen LogP contribution in [0.4, 0.5) is 0 Å². The minimum Gasteiger partial charge on any atom is -0.377 e. The number of hydrogen-bond donors (Lipinski definition) is 1. The average Bonchev–Trinajstić information content (AvgIpc) is 2.61. The lowest BCUT2D eigenvalue weighted by atomic mass is 10.2. The Morgan fingerprint density at radius 1 is 1.00 bits per heavy atom. The van der Waals surface area contributed by atoms with E-state index in [2.05, 4.69) is 17.1 Å². The normalized spacial score (nSPS) is 11.4. The molecule has 0 radical (unpaired) electrons. The van der Waals surface area contributed by atoms with Gasteiger partial charge in [-0.3, -0.25) is 0 Å². The molecule has 0 saturated heterocycles. The lowest BCUT2D eigenvalue weighted by Gasteiger charge is -2.18. The summed E-state index contributed by atoms with van der Waals surface area (Å²) in [6.07, 6.45) is 0.922. The molecule has 122 valence electrons. The fourth-order valence-electron chi connectivity index (χ4n) is 2.16. The largest absolute Gasteiger partial charge is 0.377 e. The molecule has 2 rings (SSSR count). The van der Waals surface area contributed by atoms with E-state index < -0.39 is 0 Å². The van der Waals surface area contributed by atoms with E-state index in [1.807, 2.05) is 60.5 Å². The van der Waals surface area contributed by atoms with Gasteiger partial charge in [-0.25, -0.2) is 4.99 Å². The van der Waals surface area contributed by atoms with Crippen LogP contribution in [0.5, 0.6) is 0 Å². The minimum absolute atomic E-state index is 0.567. The highest BCUT2D eigenvalue weighted by molar-refractivity contribution is 5.77. The predicted molar refractivity (Wildman–Crippen MR) is 95.1 cm³/mol. The molecule has 0 unspecified atom stereocenters. The zero-order chi connectivity index (χ0) is 16.3. The van der Waals surface area contributed by atoms with Crippen molar-refractivity contribution >= 4 is 5.96 Å². The Kier molecular flexibility index (Phi) is 7.14. The summed E-state index contributed by atoms with van der Waals surface area (Å²) in [5, 5.41) is 0. The molecule has 0 atom stereocenters. The molecule has 0 aliphatic heterocycles. The van der Waals surface area contributed by atoms with Crippen molar-refractivity contribution in [3.63, 3.8) is 0 Å². The van der Waals surface area contributed by atoms with Crippen LogP contribution in [-0.2, 0) is 17.9 Å². The molecular formula is C19H25N3O. The molecule has 23 heavy (non-hydrogen) atoms. The molecular weight excluding hydrogens is 286 g/mol. The smallest absolute Gasteiger partial charge is 0.191 e. The summed E-state index contributed by atoms with van der Waals surface area (Å²) in [7, 11) is 1.96. The van der Waals surface area contributed by atoms with Gasteiger partial charge in [0.2, 0.25) is 0 Å². The van der Waals surface area contributed by atoms with E-state index >= 15 is 0 Å². The molecule has 0 aromatic heterocycles. The summed E-state index contributed by atoms with van der Waals surface area (Å²) < 4.78 is 5.67. The highest BCUT2D eigenvalue weighted by Gasteiger charge is 2.01. The van der Waals surface area contributed by atoms with Gasteiger partial charge < -0.3 is 15.4 Å². The standard InChI is InChI=1S/C19H25N3O/c1-22(19(20)21-15-17-9-4-2-5-10-17)13-8-14-23-16-18-11-6-3-7-12-18/h2-7,9-12H,8,13-16H2,1H3,(H2,20,21). The van der Waals surface area contributed by atoms with E-state index in [9.17, 15) is 0 Å². The van der Waals surface area contributed by atoms with Crippen LogP contribution in [-0.4, -0.2) is 31.1 Å². The summed E-state index contributed by atoms with van der Waals surface area (Å²) in [5.41, 5.74) is 8.37. The Morgan fingerprint density at radius 2 is 1.61 bits per heavy atom. The van der Waals surface area contributed by atoms with Crippen LogP contribution in [0.1, 0.15) is 17.5 Å². The molecule has 2 N–H and O–H groups in total. The third-order valence-corrected chi connectivity index (χ3v) is 3.55. The zero-order valence-corrected chi connectivity index (χ0v) is 13.7. The number of benzene rings is 2. The fraction of sp³-hybridized carbons (Fsp3) is 0.316. The van der Waals surface area contributed by atoms with E-state index in [0.29, 0.717) is 25.7 Å². The topological polar surface area (TPSA) is 50.9 Å². The van der Waals surface area contributed by atoms with Crippen molar-refractivity contribution < 1.29 is 4.74 Å². The fourth-order valence-corrected chi connectivity index (χ4v) is 2.16. The molecule has 4 heteroatoms. The maximum absolute atomic E-state index is 6.01. The SMILES string of the molecule is CN(CCCOCc1ccccc1)C(N)=NCc1ccccc1. The van der Waals surface area contributed by atoms with Gasteiger partial charge in [0.05, 0.1) is 13.2 Å². The maximum atomic E-state index is 6.01. The van der Waals surface area contributed by atoms with E-state index in [0.717, 1.165) is 18.5 Å². The number of guanidine groups is 1. The second kappa shape index (κ2) is 9.64. The Balaban J connectivity index is 1.63. The number of nitrogens with two attached hydrogens (primary N) is 1. The van der Waals surface area contributed by atoms with Crippen LogP contribution < -0.4 is 5.73 Å². The zero-order valence-electron chi connectivity index (χ0n) is 13.7. The van der Waals surface area contributed by atoms with E-state index in [-0.39, 0.29) is 0 Å². The molecule has 4 nitrogen and oxygen atoms in total. The van der Waals surface area contributed by atoms with E-state index in [4.69, 9.17) is 10.5 Å². The van der Waals surface area contributed by atoms with Crippen molar-refractivity contribution in [2.75, 3.05) is 20.2 Å². The molecule has 0 saturated carbocycles. The second-order valence-corrected chi connectivity index (χ2v) is 5.47. The maximum Gasteiger partial charge on any atom is 0.191 e. The van der Waals surface area contributed by atoms with E-state index in [1.54, 1.807) is 0 Å². The van der Waals surface area contributed by atoms with Gasteiger partial charge in [0.1, 0.15) is 0 Å². The molecule has 2 aromatic rings. The highest BCUT2D eigenvalue weighted by Crippen LogP contribution is 2.02. The Bertz CT molecular complexity index is 584. The third kappa shape index (κ3) is 6.53. The Hall–Kier alpha value is -2.33. The molecule has 0 aliphatic rings. The highest BCUT2D eigenvalue weighted by atomic mass is 16.5. The first-order valence-corrected chi connectivity index (χ1v) is 7.92. The molecule has 2 aromatic carbocycles. The quantitative estimate of drug-likeness (QED) is 0.463. The summed E-state index contributed by atoms with van der Waals surface area (Å²) in [6.45, 7) is 2.81. The average molecular weight is 311 g/mol. The number of rotatable bonds is 8. The van der Waals surface area contributed by atoms with Crippen LogP contribution in [0.2, 0.25) is 0 Å². The Labute approximate surface area is 138 Å². The molecule has 0 fully saturated rings. The minimum atomic E-state index is 0.567. The first-order valence-electron chi connectivity index (χ1n) is 7.92. The van der Waals surface area contributed by atoms with Gasteiger partial charge in [-0.2, -0.15) is 0 Å². The molecule has 0 spiro atoms. The Morgan fingerprint density at radius 3 is 2.26 bits per heavy atom. The van der Waals surface area contributed by atoms with Crippen LogP contribution in [0.3, 0.4) is 0 Å². The van der Waals surface area contributed by atoms with Crippen LogP contribution in [0.15, 0.2) is 65.7 Å². The summed E-state index contributed by atoms with van der Waals surface area (Å²) in [4.78, 5) is 6.39. The summed E-state index contributed by atoms with van der Waals surface area (Å²) in [6, 6.07) is 20.3. The summed E-state index contributed by atoms with van der Waals surface area (Å²) >= 11 is 0.